The van der Waals surface area contributed by atoms with E-state index in [0.717, 1.165) is 83.0 Å². The number of phosphoric acid groups is 1. The van der Waals surface area contributed by atoms with Crippen LogP contribution in [0, 0.1) is 5.92 Å². The van der Waals surface area contributed by atoms with Crippen molar-refractivity contribution in [3.63, 3.8) is 0 Å². The maximum atomic E-state index is 13.4. The zero-order valence-electron chi connectivity index (χ0n) is 43.4. The molecule has 1 heterocycles. The molecule has 2 aliphatic rings. The zero-order valence-corrected chi connectivity index (χ0v) is 44.3. The second-order valence-electron chi connectivity index (χ2n) is 20.0. The molecule has 71 heavy (non-hydrogen) atoms. The van der Waals surface area contributed by atoms with Crippen molar-refractivity contribution in [3.8, 4) is 0 Å². The summed E-state index contributed by atoms with van der Waals surface area (Å²) in [5.74, 6) is -0.496. The zero-order chi connectivity index (χ0) is 52.4. The van der Waals surface area contributed by atoms with Crippen molar-refractivity contribution >= 4 is 19.8 Å². The molecule has 0 aromatic rings. The lowest BCUT2D eigenvalue weighted by molar-refractivity contribution is -0.338. The number of rotatable bonds is 42. The summed E-state index contributed by atoms with van der Waals surface area (Å²) in [6.07, 6.45) is 11.4. The normalized spacial score (nSPS) is 27.6. The number of unbranched alkanes of at least 4 members (excludes halogenated alkanes) is 21. The molecular weight excluding hydrogens is 944 g/mol. The van der Waals surface area contributed by atoms with E-state index in [-0.39, 0.29) is 12.8 Å². The molecule has 19 heteroatoms. The summed E-state index contributed by atoms with van der Waals surface area (Å²) >= 11 is 0. The standard InChI is InChI=1S/C52H97O18P/c1-4-6-8-10-12-13-14-15-16-17-18-19-20-25-29-33-41(54)65-36-39(67-42(55)34-30-26-22-21-24-28-32-38(3)31-27-23-11-9-7-5-2)37-66-71(63,64)70-51-48(61)46(59)45(58)47(60)50(51)69-52-49(62)44(57)43(56)40(35-53)68-52/h13-14,38-40,43-53,56-62H,4-12,15-37H2,1-3H3,(H,63,64). The summed E-state index contributed by atoms with van der Waals surface area (Å²) in [7, 11) is -5.38. The van der Waals surface area contributed by atoms with Gasteiger partial charge in [0.25, 0.3) is 0 Å². The third kappa shape index (κ3) is 27.7. The van der Waals surface area contributed by atoms with E-state index in [0.29, 0.717) is 12.8 Å². The molecule has 0 aromatic carbocycles. The molecule has 1 saturated carbocycles. The van der Waals surface area contributed by atoms with E-state index in [1.54, 1.807) is 0 Å². The van der Waals surface area contributed by atoms with Crippen molar-refractivity contribution in [2.24, 2.45) is 5.92 Å². The van der Waals surface area contributed by atoms with Crippen molar-refractivity contribution in [1.29, 1.82) is 0 Å². The van der Waals surface area contributed by atoms with E-state index in [2.05, 4.69) is 32.9 Å². The Bertz CT molecular complexity index is 1440. The Morgan fingerprint density at radius 1 is 0.563 bits per heavy atom. The molecule has 18 nitrogen and oxygen atoms in total. The Hall–Kier alpha value is -1.61. The van der Waals surface area contributed by atoms with Gasteiger partial charge in [-0.2, -0.15) is 0 Å². The lowest BCUT2D eigenvalue weighted by Crippen LogP contribution is -2.67. The van der Waals surface area contributed by atoms with Crippen LogP contribution in [0.3, 0.4) is 0 Å². The van der Waals surface area contributed by atoms with Gasteiger partial charge in [-0.1, -0.05) is 168 Å². The summed E-state index contributed by atoms with van der Waals surface area (Å²) in [5.41, 5.74) is 0. The first kappa shape index (κ1) is 65.5. The molecule has 0 radical (unpaired) electrons. The quantitative estimate of drug-likeness (QED) is 0.0127. The van der Waals surface area contributed by atoms with Gasteiger partial charge in [-0.25, -0.2) is 4.57 Å². The molecule has 0 amide bonds. The second-order valence-corrected chi connectivity index (χ2v) is 21.5. The molecule has 14 unspecified atom stereocenters. The number of aliphatic hydroxyl groups is 8. The van der Waals surface area contributed by atoms with Crippen LogP contribution in [0.15, 0.2) is 12.2 Å². The van der Waals surface area contributed by atoms with Crippen molar-refractivity contribution in [2.75, 3.05) is 19.8 Å². The van der Waals surface area contributed by atoms with Crippen LogP contribution in [0.2, 0.25) is 0 Å². The van der Waals surface area contributed by atoms with Crippen molar-refractivity contribution in [3.05, 3.63) is 12.2 Å². The topological polar surface area (TPSA) is 289 Å². The average molecular weight is 1040 g/mol. The molecule has 9 N–H and O–H groups in total. The van der Waals surface area contributed by atoms with Crippen LogP contribution in [0.5, 0.6) is 0 Å². The van der Waals surface area contributed by atoms with Crippen LogP contribution >= 0.6 is 7.82 Å². The molecule has 418 valence electrons. The maximum Gasteiger partial charge on any atom is 0.472 e. The Kier molecular flexibility index (Phi) is 35.9. The smallest absolute Gasteiger partial charge is 0.462 e. The minimum Gasteiger partial charge on any atom is -0.462 e. The van der Waals surface area contributed by atoms with E-state index in [1.807, 2.05) is 0 Å². The molecular formula is C52H97O18P. The molecule has 0 spiro atoms. The Morgan fingerprint density at radius 3 is 1.55 bits per heavy atom. The third-order valence-electron chi connectivity index (χ3n) is 13.6. The minimum atomic E-state index is -5.38. The van der Waals surface area contributed by atoms with Crippen molar-refractivity contribution in [1.82, 2.24) is 0 Å². The molecule has 2 fully saturated rings. The highest BCUT2D eigenvalue weighted by Crippen LogP contribution is 2.48. The third-order valence-corrected chi connectivity index (χ3v) is 14.6. The average Bonchev–Trinajstić information content (AvgIpc) is 3.35. The monoisotopic (exact) mass is 1040 g/mol. The Morgan fingerprint density at radius 2 is 1.01 bits per heavy atom. The van der Waals surface area contributed by atoms with E-state index >= 15 is 0 Å². The van der Waals surface area contributed by atoms with Crippen LogP contribution in [0.4, 0.5) is 0 Å². The molecule has 0 bridgehead atoms. The number of phosphoric ester groups is 1. The molecule has 14 atom stereocenters. The van der Waals surface area contributed by atoms with Crippen molar-refractivity contribution < 1.29 is 87.9 Å². The fourth-order valence-electron chi connectivity index (χ4n) is 9.00. The number of ether oxygens (including phenoxy) is 4. The van der Waals surface area contributed by atoms with Gasteiger partial charge in [0, 0.05) is 12.8 Å². The lowest BCUT2D eigenvalue weighted by atomic mass is 9.84. The van der Waals surface area contributed by atoms with Gasteiger partial charge in [0.1, 0.15) is 67.6 Å². The predicted molar refractivity (Wildman–Crippen MR) is 268 cm³/mol. The Labute approximate surface area is 424 Å². The fourth-order valence-corrected chi connectivity index (χ4v) is 9.97. The van der Waals surface area contributed by atoms with Crippen LogP contribution in [0.25, 0.3) is 0 Å². The van der Waals surface area contributed by atoms with Gasteiger partial charge in [0.15, 0.2) is 12.4 Å². The number of aliphatic hydroxyl groups excluding tert-OH is 8. The highest BCUT2D eigenvalue weighted by atomic mass is 31.2. The summed E-state index contributed by atoms with van der Waals surface area (Å²) in [6.45, 7) is 4.56. The number of hydrogen-bond donors (Lipinski definition) is 9. The van der Waals surface area contributed by atoms with Crippen LogP contribution in [0.1, 0.15) is 207 Å². The fraction of sp³-hybridized carbons (Fsp3) is 0.923. The van der Waals surface area contributed by atoms with E-state index in [1.165, 1.54) is 83.5 Å². The second kappa shape index (κ2) is 38.9. The number of carbonyl (C=O) groups excluding carboxylic acids is 2. The van der Waals surface area contributed by atoms with Gasteiger partial charge in [0.05, 0.1) is 13.2 Å². The van der Waals surface area contributed by atoms with E-state index in [4.69, 9.17) is 28.0 Å². The van der Waals surface area contributed by atoms with Crippen molar-refractivity contribution in [2.45, 2.75) is 280 Å². The predicted octanol–water partition coefficient (Wildman–Crippen LogP) is 7.13. The molecule has 0 aromatic heterocycles. The number of hydrogen-bond acceptors (Lipinski definition) is 17. The molecule has 1 aliphatic carbocycles. The van der Waals surface area contributed by atoms with Gasteiger partial charge in [-0.05, 0) is 44.4 Å². The first-order valence-electron chi connectivity index (χ1n) is 27.4. The maximum absolute atomic E-state index is 13.4. The van der Waals surface area contributed by atoms with Gasteiger partial charge in [-0.15, -0.1) is 0 Å². The van der Waals surface area contributed by atoms with Crippen LogP contribution in [-0.4, -0.2) is 151 Å². The molecule has 2 rings (SSSR count). The minimum absolute atomic E-state index is 0.0339. The first-order valence-corrected chi connectivity index (χ1v) is 28.9. The lowest BCUT2D eigenvalue weighted by Gasteiger charge is -2.47. The number of allylic oxidation sites excluding steroid dienone is 2. The summed E-state index contributed by atoms with van der Waals surface area (Å²) in [4.78, 5) is 36.7. The van der Waals surface area contributed by atoms with Crippen LogP contribution in [-0.2, 0) is 42.1 Å². The highest BCUT2D eigenvalue weighted by Gasteiger charge is 2.55. The summed E-state index contributed by atoms with van der Waals surface area (Å²) < 4.78 is 45.6. The largest absolute Gasteiger partial charge is 0.472 e. The van der Waals surface area contributed by atoms with Gasteiger partial charge in [0.2, 0.25) is 0 Å². The van der Waals surface area contributed by atoms with Gasteiger partial charge in [-0.3, -0.25) is 18.6 Å². The molecule has 1 aliphatic heterocycles. The number of carbonyl (C=O) groups is 2. The SMILES string of the molecule is CCCCCCC=CCCCCCCCCCC(=O)OCC(COP(=O)(O)OC1C(O)C(O)C(O)C(O)C1OC1OC(CO)C(O)C(O)C1O)OC(=O)CCCCCCCCC(C)CCCCCCCC. The summed E-state index contributed by atoms with van der Waals surface area (Å²) in [5, 5.41) is 83.1. The van der Waals surface area contributed by atoms with Crippen LogP contribution < -0.4 is 0 Å². The van der Waals surface area contributed by atoms with Gasteiger partial charge < -0.3 is 64.7 Å². The Balaban J connectivity index is 1.93. The highest BCUT2D eigenvalue weighted by molar-refractivity contribution is 7.47. The van der Waals surface area contributed by atoms with E-state index < -0.39 is 113 Å². The first-order chi connectivity index (χ1) is 34.1. The molecule has 1 saturated heterocycles. The summed E-state index contributed by atoms with van der Waals surface area (Å²) in [6, 6.07) is 0. The van der Waals surface area contributed by atoms with E-state index in [9.17, 15) is 59.9 Å². The number of esters is 2. The van der Waals surface area contributed by atoms with Gasteiger partial charge >= 0.3 is 19.8 Å².